The zero-order chi connectivity index (χ0) is 20.0. The minimum atomic E-state index is -0.410. The summed E-state index contributed by atoms with van der Waals surface area (Å²) in [5.74, 6) is 0.414. The van der Waals surface area contributed by atoms with Gasteiger partial charge in [-0.15, -0.1) is 11.8 Å². The third kappa shape index (κ3) is 9.71. The lowest BCUT2D eigenvalue weighted by molar-refractivity contribution is -0.161. The molecule has 0 amide bonds. The van der Waals surface area contributed by atoms with Crippen molar-refractivity contribution in [2.45, 2.75) is 69.5 Å². The summed E-state index contributed by atoms with van der Waals surface area (Å²) in [6, 6.07) is 8.46. The molecule has 1 fully saturated rings. The van der Waals surface area contributed by atoms with Crippen LogP contribution in [0.3, 0.4) is 0 Å². The molecule has 1 atom stereocenters. The molecule has 1 saturated heterocycles. The monoisotopic (exact) mass is 408 g/mol. The summed E-state index contributed by atoms with van der Waals surface area (Å²) >= 11 is 1.75. The van der Waals surface area contributed by atoms with E-state index in [4.69, 9.17) is 14.2 Å². The van der Waals surface area contributed by atoms with E-state index in [1.54, 1.807) is 11.8 Å². The standard InChI is InChI=1S/C22H32O5S/c1-2-7-19(23)17-21(24)25-13-6-15-28-20-9-5-8-18(16-20)11-14-27-22-10-3-4-12-26-22/h5,8-9,16,22H,2-4,6-7,10-15,17H2,1H3. The van der Waals surface area contributed by atoms with Gasteiger partial charge in [-0.05, 0) is 56.2 Å². The zero-order valence-corrected chi connectivity index (χ0v) is 17.6. The predicted octanol–water partition coefficient (Wildman–Crippen LogP) is 4.56. The minimum absolute atomic E-state index is 0.0358. The van der Waals surface area contributed by atoms with Gasteiger partial charge in [0.1, 0.15) is 12.2 Å². The number of benzene rings is 1. The van der Waals surface area contributed by atoms with Crippen LogP contribution in [-0.2, 0) is 30.2 Å². The molecule has 28 heavy (non-hydrogen) atoms. The summed E-state index contributed by atoms with van der Waals surface area (Å²) in [6.07, 6.45) is 6.03. The number of carbonyl (C=O) groups excluding carboxylic acids is 2. The topological polar surface area (TPSA) is 61.8 Å². The van der Waals surface area contributed by atoms with E-state index in [1.165, 1.54) is 16.9 Å². The van der Waals surface area contributed by atoms with Gasteiger partial charge in [0.2, 0.25) is 0 Å². The molecule has 0 N–H and O–H groups in total. The van der Waals surface area contributed by atoms with E-state index in [9.17, 15) is 9.59 Å². The predicted molar refractivity (Wildman–Crippen MR) is 111 cm³/mol. The highest BCUT2D eigenvalue weighted by Gasteiger charge is 2.13. The molecule has 1 aromatic carbocycles. The first-order valence-electron chi connectivity index (χ1n) is 10.3. The molecule has 0 aromatic heterocycles. The molecule has 1 unspecified atom stereocenters. The number of hydrogen-bond acceptors (Lipinski definition) is 6. The molecule has 5 nitrogen and oxygen atoms in total. The van der Waals surface area contributed by atoms with Gasteiger partial charge in [-0.2, -0.15) is 0 Å². The van der Waals surface area contributed by atoms with Crippen molar-refractivity contribution in [1.82, 2.24) is 0 Å². The Morgan fingerprint density at radius 2 is 2.14 bits per heavy atom. The van der Waals surface area contributed by atoms with Crippen LogP contribution in [0.15, 0.2) is 29.2 Å². The van der Waals surface area contributed by atoms with Gasteiger partial charge < -0.3 is 14.2 Å². The number of thioether (sulfide) groups is 1. The van der Waals surface area contributed by atoms with E-state index in [1.807, 2.05) is 6.92 Å². The molecule has 0 bridgehead atoms. The summed E-state index contributed by atoms with van der Waals surface area (Å²) in [4.78, 5) is 24.2. The first-order valence-corrected chi connectivity index (χ1v) is 11.3. The lowest BCUT2D eigenvalue weighted by Gasteiger charge is -2.22. The van der Waals surface area contributed by atoms with E-state index in [0.717, 1.165) is 44.5 Å². The molecule has 0 aliphatic carbocycles. The van der Waals surface area contributed by atoms with Crippen molar-refractivity contribution in [2.24, 2.45) is 0 Å². The van der Waals surface area contributed by atoms with Gasteiger partial charge in [0.25, 0.3) is 0 Å². The molecule has 1 aliphatic rings. The fourth-order valence-corrected chi connectivity index (χ4v) is 3.86. The number of ketones is 1. The second kappa shape index (κ2) is 13.7. The van der Waals surface area contributed by atoms with Gasteiger partial charge in [0.15, 0.2) is 6.29 Å². The van der Waals surface area contributed by atoms with E-state index in [-0.39, 0.29) is 18.5 Å². The van der Waals surface area contributed by atoms with Crippen molar-refractivity contribution < 1.29 is 23.8 Å². The molecular formula is C22H32O5S. The number of carbonyl (C=O) groups is 2. The molecular weight excluding hydrogens is 376 g/mol. The van der Waals surface area contributed by atoms with Crippen molar-refractivity contribution >= 4 is 23.5 Å². The summed E-state index contributed by atoms with van der Waals surface area (Å²) < 4.78 is 16.5. The zero-order valence-electron chi connectivity index (χ0n) is 16.8. The van der Waals surface area contributed by atoms with Gasteiger partial charge in [-0.25, -0.2) is 0 Å². The summed E-state index contributed by atoms with van der Waals surface area (Å²) in [7, 11) is 0. The molecule has 156 valence electrons. The van der Waals surface area contributed by atoms with Crippen molar-refractivity contribution in [2.75, 3.05) is 25.6 Å². The molecule has 2 rings (SSSR count). The van der Waals surface area contributed by atoms with Crippen molar-refractivity contribution in [3.63, 3.8) is 0 Å². The van der Waals surface area contributed by atoms with E-state index < -0.39 is 5.97 Å². The van der Waals surface area contributed by atoms with Crippen LogP contribution in [0, 0.1) is 0 Å². The van der Waals surface area contributed by atoms with Crippen LogP contribution in [0.5, 0.6) is 0 Å². The van der Waals surface area contributed by atoms with Crippen LogP contribution in [0.25, 0.3) is 0 Å². The van der Waals surface area contributed by atoms with Crippen LogP contribution in [0.2, 0.25) is 0 Å². The first-order chi connectivity index (χ1) is 13.7. The third-order valence-electron chi connectivity index (χ3n) is 4.42. The normalized spacial score (nSPS) is 16.7. The van der Waals surface area contributed by atoms with Gasteiger partial charge >= 0.3 is 5.97 Å². The lowest BCUT2D eigenvalue weighted by Crippen LogP contribution is -2.23. The van der Waals surface area contributed by atoms with Gasteiger partial charge in [-0.1, -0.05) is 19.1 Å². The highest BCUT2D eigenvalue weighted by atomic mass is 32.2. The average Bonchev–Trinajstić information content (AvgIpc) is 2.69. The Hall–Kier alpha value is -1.37. The number of Topliss-reactive ketones (excluding diaryl/α,β-unsaturated/α-hetero) is 1. The van der Waals surface area contributed by atoms with Gasteiger partial charge in [0, 0.05) is 23.7 Å². The summed E-state index contributed by atoms with van der Waals surface area (Å²) in [5.41, 5.74) is 1.25. The van der Waals surface area contributed by atoms with Crippen LogP contribution < -0.4 is 0 Å². The molecule has 1 aliphatic heterocycles. The van der Waals surface area contributed by atoms with Gasteiger partial charge in [-0.3, -0.25) is 9.59 Å². The minimum Gasteiger partial charge on any atom is -0.465 e. The second-order valence-corrected chi connectivity index (χ2v) is 8.12. The Kier molecular flexibility index (Phi) is 11.3. The molecule has 0 spiro atoms. The molecule has 0 saturated carbocycles. The Labute approximate surface area is 172 Å². The van der Waals surface area contributed by atoms with Crippen molar-refractivity contribution in [1.29, 1.82) is 0 Å². The van der Waals surface area contributed by atoms with Crippen molar-refractivity contribution in [3.05, 3.63) is 29.8 Å². The SMILES string of the molecule is CCCC(=O)CC(=O)OCCCSc1cccc(CCOC2CCCCO2)c1. The highest BCUT2D eigenvalue weighted by molar-refractivity contribution is 7.99. The van der Waals surface area contributed by atoms with E-state index in [0.29, 0.717) is 19.6 Å². The Balaban J connectivity index is 1.58. The largest absolute Gasteiger partial charge is 0.465 e. The highest BCUT2D eigenvalue weighted by Crippen LogP contribution is 2.21. The smallest absolute Gasteiger partial charge is 0.313 e. The lowest BCUT2D eigenvalue weighted by atomic mass is 10.1. The Morgan fingerprint density at radius 3 is 2.93 bits per heavy atom. The average molecular weight is 409 g/mol. The number of ether oxygens (including phenoxy) is 3. The molecule has 6 heteroatoms. The number of esters is 1. The van der Waals surface area contributed by atoms with E-state index in [2.05, 4.69) is 24.3 Å². The van der Waals surface area contributed by atoms with Crippen LogP contribution >= 0.6 is 11.8 Å². The fraction of sp³-hybridized carbons (Fsp3) is 0.636. The van der Waals surface area contributed by atoms with E-state index >= 15 is 0 Å². The maximum atomic E-state index is 11.6. The Bertz CT molecular complexity index is 598. The maximum absolute atomic E-state index is 11.6. The molecule has 1 heterocycles. The Morgan fingerprint density at radius 1 is 1.25 bits per heavy atom. The first kappa shape index (κ1) is 22.9. The summed E-state index contributed by atoms with van der Waals surface area (Å²) in [6.45, 7) is 3.76. The number of hydrogen-bond donors (Lipinski definition) is 0. The van der Waals surface area contributed by atoms with Crippen LogP contribution in [-0.4, -0.2) is 43.6 Å². The molecule has 1 aromatic rings. The van der Waals surface area contributed by atoms with Crippen LogP contribution in [0.4, 0.5) is 0 Å². The molecule has 0 radical (unpaired) electrons. The quantitative estimate of drug-likeness (QED) is 0.206. The summed E-state index contributed by atoms with van der Waals surface area (Å²) in [5, 5.41) is 0. The number of rotatable bonds is 13. The maximum Gasteiger partial charge on any atom is 0.313 e. The fourth-order valence-electron chi connectivity index (χ4n) is 2.96. The third-order valence-corrected chi connectivity index (χ3v) is 5.50. The van der Waals surface area contributed by atoms with Crippen LogP contribution in [0.1, 0.15) is 57.4 Å². The second-order valence-electron chi connectivity index (χ2n) is 6.95. The van der Waals surface area contributed by atoms with Crippen molar-refractivity contribution in [3.8, 4) is 0 Å². The van der Waals surface area contributed by atoms with Gasteiger partial charge in [0.05, 0.1) is 13.2 Å².